The first kappa shape index (κ1) is 15.1. The van der Waals surface area contributed by atoms with Crippen LogP contribution in [0.1, 0.15) is 15.2 Å². The number of hydrogen-bond donors (Lipinski definition) is 2. The Morgan fingerprint density at radius 1 is 1.40 bits per heavy atom. The summed E-state index contributed by atoms with van der Waals surface area (Å²) in [5, 5.41) is 7.70. The van der Waals surface area contributed by atoms with E-state index in [2.05, 4.69) is 26.2 Å². The van der Waals surface area contributed by atoms with E-state index in [4.69, 9.17) is 5.14 Å². The average Bonchev–Trinajstić information content (AvgIpc) is 2.84. The van der Waals surface area contributed by atoms with Crippen LogP contribution in [0.25, 0.3) is 0 Å². The van der Waals surface area contributed by atoms with E-state index in [-0.39, 0.29) is 16.7 Å². The standard InChI is InChI=1S/C11H10BrN3O3S2/c12-8-3-7(4-14-5-8)11(16)15-6-9-1-2-10(19-9)20(13,17)18/h1-5H,6H2,(H,15,16)(H2,13,17,18). The van der Waals surface area contributed by atoms with Crippen molar-refractivity contribution in [2.24, 2.45) is 5.14 Å². The van der Waals surface area contributed by atoms with E-state index in [0.717, 1.165) is 11.3 Å². The first-order chi connectivity index (χ1) is 9.36. The highest BCUT2D eigenvalue weighted by molar-refractivity contribution is 9.10. The van der Waals surface area contributed by atoms with Crippen LogP contribution < -0.4 is 10.5 Å². The summed E-state index contributed by atoms with van der Waals surface area (Å²) in [5.74, 6) is -0.288. The summed E-state index contributed by atoms with van der Waals surface area (Å²) < 4.78 is 23.0. The largest absolute Gasteiger partial charge is 0.347 e. The highest BCUT2D eigenvalue weighted by atomic mass is 79.9. The van der Waals surface area contributed by atoms with E-state index in [0.29, 0.717) is 14.9 Å². The quantitative estimate of drug-likeness (QED) is 0.844. The van der Waals surface area contributed by atoms with E-state index in [1.165, 1.54) is 12.3 Å². The lowest BCUT2D eigenvalue weighted by Gasteiger charge is -2.03. The number of thiophene rings is 1. The predicted molar refractivity (Wildman–Crippen MR) is 78.8 cm³/mol. The number of rotatable bonds is 4. The SMILES string of the molecule is NS(=O)(=O)c1ccc(CNC(=O)c2cncc(Br)c2)s1. The highest BCUT2D eigenvalue weighted by Gasteiger charge is 2.12. The van der Waals surface area contributed by atoms with Gasteiger partial charge in [0.15, 0.2) is 0 Å². The van der Waals surface area contributed by atoms with Crippen molar-refractivity contribution >= 4 is 43.2 Å². The van der Waals surface area contributed by atoms with Crippen molar-refractivity contribution in [1.29, 1.82) is 0 Å². The van der Waals surface area contributed by atoms with Crippen LogP contribution in [0.15, 0.2) is 39.3 Å². The van der Waals surface area contributed by atoms with Crippen molar-refractivity contribution in [3.63, 3.8) is 0 Å². The summed E-state index contributed by atoms with van der Waals surface area (Å²) in [6.45, 7) is 0.228. The number of pyridine rings is 1. The molecule has 6 nitrogen and oxygen atoms in total. The van der Waals surface area contributed by atoms with Gasteiger partial charge in [-0.1, -0.05) is 0 Å². The van der Waals surface area contributed by atoms with Crippen molar-refractivity contribution in [2.45, 2.75) is 10.8 Å². The molecule has 0 atom stereocenters. The number of carbonyl (C=O) groups excluding carboxylic acids is 1. The second-order valence-corrected chi connectivity index (χ2v) is 7.71. The molecule has 2 aromatic rings. The van der Waals surface area contributed by atoms with Crippen LogP contribution in [0.5, 0.6) is 0 Å². The number of halogens is 1. The maximum atomic E-state index is 11.9. The molecule has 0 saturated heterocycles. The molecular weight excluding hydrogens is 366 g/mol. The minimum atomic E-state index is -3.69. The zero-order chi connectivity index (χ0) is 14.8. The Balaban J connectivity index is 2.02. The molecular formula is C11H10BrN3O3S2. The molecule has 3 N–H and O–H groups in total. The Morgan fingerprint density at radius 3 is 2.75 bits per heavy atom. The van der Waals surface area contributed by atoms with Crippen LogP contribution in [0.3, 0.4) is 0 Å². The molecule has 0 aliphatic rings. The Labute approximate surface area is 128 Å². The van der Waals surface area contributed by atoms with Gasteiger partial charge in [-0.2, -0.15) is 0 Å². The van der Waals surface area contributed by atoms with Gasteiger partial charge in [-0.15, -0.1) is 11.3 Å². The van der Waals surface area contributed by atoms with Crippen molar-refractivity contribution in [1.82, 2.24) is 10.3 Å². The molecule has 0 aromatic carbocycles. The first-order valence-electron chi connectivity index (χ1n) is 5.36. The fraction of sp³-hybridized carbons (Fsp3) is 0.0909. The lowest BCUT2D eigenvalue weighted by Crippen LogP contribution is -2.22. The number of primary sulfonamides is 1. The van der Waals surface area contributed by atoms with Gasteiger partial charge in [0.05, 0.1) is 12.1 Å². The predicted octanol–water partition coefficient (Wildman–Crippen LogP) is 1.48. The maximum Gasteiger partial charge on any atom is 0.253 e. The zero-order valence-corrected chi connectivity index (χ0v) is 13.3. The number of sulfonamides is 1. The Bertz CT molecular complexity index is 743. The van der Waals surface area contributed by atoms with Gasteiger partial charge in [0.1, 0.15) is 4.21 Å². The van der Waals surface area contributed by atoms with E-state index < -0.39 is 10.0 Å². The molecule has 0 unspecified atom stereocenters. The molecule has 2 rings (SSSR count). The number of aromatic nitrogens is 1. The van der Waals surface area contributed by atoms with Gasteiger partial charge < -0.3 is 5.32 Å². The minimum Gasteiger partial charge on any atom is -0.347 e. The minimum absolute atomic E-state index is 0.0749. The van der Waals surface area contributed by atoms with Crippen LogP contribution in [0, 0.1) is 0 Å². The van der Waals surface area contributed by atoms with Gasteiger partial charge in [0, 0.05) is 21.7 Å². The van der Waals surface area contributed by atoms with Crippen LogP contribution in [0.4, 0.5) is 0 Å². The lowest BCUT2D eigenvalue weighted by molar-refractivity contribution is 0.0951. The summed E-state index contributed by atoms with van der Waals surface area (Å²) in [4.78, 5) is 16.5. The first-order valence-corrected chi connectivity index (χ1v) is 8.52. The summed E-state index contributed by atoms with van der Waals surface area (Å²) in [7, 11) is -3.69. The lowest BCUT2D eigenvalue weighted by atomic mass is 10.2. The average molecular weight is 376 g/mol. The van der Waals surface area contributed by atoms with Crippen molar-refractivity contribution in [3.8, 4) is 0 Å². The van der Waals surface area contributed by atoms with Crippen LogP contribution in [0.2, 0.25) is 0 Å². The molecule has 2 aromatic heterocycles. The van der Waals surface area contributed by atoms with Gasteiger partial charge in [-0.3, -0.25) is 9.78 Å². The van der Waals surface area contributed by atoms with E-state index in [1.54, 1.807) is 18.3 Å². The summed E-state index contributed by atoms with van der Waals surface area (Å²) in [6.07, 6.45) is 3.03. The van der Waals surface area contributed by atoms with Crippen LogP contribution in [-0.2, 0) is 16.6 Å². The molecule has 0 spiro atoms. The summed E-state index contributed by atoms with van der Waals surface area (Å²) in [6, 6.07) is 4.68. The zero-order valence-electron chi connectivity index (χ0n) is 10.0. The number of nitrogens with one attached hydrogen (secondary N) is 1. The van der Waals surface area contributed by atoms with Crippen molar-refractivity contribution < 1.29 is 13.2 Å². The summed E-state index contributed by atoms with van der Waals surface area (Å²) in [5.41, 5.74) is 0.419. The van der Waals surface area contributed by atoms with E-state index in [1.807, 2.05) is 0 Å². The Hall–Kier alpha value is -1.29. The third-order valence-corrected chi connectivity index (χ3v) is 5.27. The molecule has 0 aliphatic heterocycles. The third-order valence-electron chi connectivity index (χ3n) is 2.31. The van der Waals surface area contributed by atoms with Gasteiger partial charge in [-0.25, -0.2) is 13.6 Å². The smallest absolute Gasteiger partial charge is 0.253 e. The topological polar surface area (TPSA) is 102 Å². The van der Waals surface area contributed by atoms with Crippen LogP contribution >= 0.6 is 27.3 Å². The number of nitrogens with zero attached hydrogens (tertiary/aromatic N) is 1. The molecule has 0 aliphatic carbocycles. The normalized spacial score (nSPS) is 11.3. The van der Waals surface area contributed by atoms with Crippen molar-refractivity contribution in [2.75, 3.05) is 0 Å². The van der Waals surface area contributed by atoms with Gasteiger partial charge in [-0.05, 0) is 34.1 Å². The molecule has 0 saturated carbocycles. The monoisotopic (exact) mass is 375 g/mol. The molecule has 20 heavy (non-hydrogen) atoms. The van der Waals surface area contributed by atoms with Gasteiger partial charge >= 0.3 is 0 Å². The number of amides is 1. The van der Waals surface area contributed by atoms with Crippen molar-refractivity contribution in [3.05, 3.63) is 45.5 Å². The molecule has 0 bridgehead atoms. The number of carbonyl (C=O) groups is 1. The third kappa shape index (κ3) is 3.85. The van der Waals surface area contributed by atoms with E-state index >= 15 is 0 Å². The number of nitrogens with two attached hydrogens (primary N) is 1. The second-order valence-electron chi connectivity index (χ2n) is 3.84. The number of hydrogen-bond acceptors (Lipinski definition) is 5. The molecule has 106 valence electrons. The van der Waals surface area contributed by atoms with E-state index in [9.17, 15) is 13.2 Å². The second kappa shape index (κ2) is 6.00. The Kier molecular flexibility index (Phi) is 4.53. The molecule has 0 radical (unpaired) electrons. The van der Waals surface area contributed by atoms with Crippen LogP contribution in [-0.4, -0.2) is 19.3 Å². The molecule has 2 heterocycles. The molecule has 1 amide bonds. The van der Waals surface area contributed by atoms with Gasteiger partial charge in [0.25, 0.3) is 5.91 Å². The highest BCUT2D eigenvalue weighted by Crippen LogP contribution is 2.20. The summed E-state index contributed by atoms with van der Waals surface area (Å²) >= 11 is 4.26. The maximum absolute atomic E-state index is 11.9. The Morgan fingerprint density at radius 2 is 2.15 bits per heavy atom. The van der Waals surface area contributed by atoms with Gasteiger partial charge in [0.2, 0.25) is 10.0 Å². The fourth-order valence-corrected chi connectivity index (χ4v) is 3.49. The molecule has 0 fully saturated rings. The molecule has 9 heteroatoms. The fourth-order valence-electron chi connectivity index (χ4n) is 1.41.